The minimum atomic E-state index is 1.26. The first-order chi connectivity index (χ1) is 2.91. The minimum Gasteiger partial charge on any atom is -0.254 e. The van der Waals surface area contributed by atoms with Crippen molar-refractivity contribution in [1.29, 1.82) is 0 Å². The fraction of sp³-hybridized carbons (Fsp3) is 0. The van der Waals surface area contributed by atoms with Crippen molar-refractivity contribution in [1.82, 2.24) is 4.83 Å². The molecule has 0 aliphatic rings. The van der Waals surface area contributed by atoms with Crippen molar-refractivity contribution in [3.63, 3.8) is 0 Å². The van der Waals surface area contributed by atoms with Crippen molar-refractivity contribution >= 4 is 25.9 Å². The van der Waals surface area contributed by atoms with Crippen LogP contribution in [0.3, 0.4) is 0 Å². The highest BCUT2D eigenvalue weighted by molar-refractivity contribution is 7.78. The van der Waals surface area contributed by atoms with Gasteiger partial charge in [0.25, 0.3) is 0 Å². The minimum absolute atomic E-state index is 1.26. The molecule has 0 fully saturated rings. The van der Waals surface area contributed by atoms with Crippen molar-refractivity contribution in [2.24, 2.45) is 10.1 Å². The van der Waals surface area contributed by atoms with Crippen LogP contribution in [-0.4, -0.2) is 13.1 Å². The molecule has 0 spiro atoms. The van der Waals surface area contributed by atoms with Crippen molar-refractivity contribution < 1.29 is 0 Å². The fourth-order valence-electron chi connectivity index (χ4n) is 0.0666. The Morgan fingerprint density at radius 3 is 2.67 bits per heavy atom. The lowest BCUT2D eigenvalue weighted by atomic mass is 11.3. The third-order valence-electron chi connectivity index (χ3n) is 0.197. The third kappa shape index (κ3) is 3.49. The topological polar surface area (TPSA) is 36.8 Å². The summed E-state index contributed by atoms with van der Waals surface area (Å²) in [7, 11) is 0. The number of nitrogens with one attached hydrogen (secondary N) is 1. The van der Waals surface area contributed by atoms with Crippen LogP contribution in [0.5, 0.6) is 0 Å². The maximum atomic E-state index is 3.52. The Bertz CT molecular complexity index is 59.8. The Balaban J connectivity index is 2.94. The second kappa shape index (κ2) is 4.49. The van der Waals surface area contributed by atoms with Crippen molar-refractivity contribution in [3.8, 4) is 0 Å². The summed E-state index contributed by atoms with van der Waals surface area (Å²) in [6.45, 7) is 3.12. The molecule has 0 bridgehead atoms. The van der Waals surface area contributed by atoms with E-state index in [4.69, 9.17) is 0 Å². The number of aliphatic imine (C=N–C) groups is 1. The zero-order valence-electron chi connectivity index (χ0n) is 3.13. The summed E-state index contributed by atoms with van der Waals surface area (Å²) in [5, 5.41) is 3.35. The number of hydrogen-bond donors (Lipinski definition) is 2. The molecule has 0 aliphatic heterocycles. The maximum Gasteiger partial charge on any atom is 0.135 e. The molecule has 0 aromatic heterocycles. The van der Waals surface area contributed by atoms with Gasteiger partial charge in [-0.25, -0.2) is 0 Å². The van der Waals surface area contributed by atoms with Crippen LogP contribution in [0.2, 0.25) is 0 Å². The Morgan fingerprint density at radius 2 is 2.50 bits per heavy atom. The third-order valence-corrected chi connectivity index (χ3v) is 0.313. The van der Waals surface area contributed by atoms with E-state index in [2.05, 4.69) is 34.5 Å². The summed E-state index contributed by atoms with van der Waals surface area (Å²) < 4.78 is 0. The van der Waals surface area contributed by atoms with Crippen LogP contribution in [0, 0.1) is 0 Å². The lowest BCUT2D eigenvalue weighted by molar-refractivity contribution is 1.13. The number of rotatable bonds is 2. The van der Waals surface area contributed by atoms with Crippen LogP contribution in [0.1, 0.15) is 0 Å². The molecule has 0 rings (SSSR count). The fourth-order valence-corrected chi connectivity index (χ4v) is 0.118. The summed E-state index contributed by atoms with van der Waals surface area (Å²) in [6, 6.07) is 0. The smallest absolute Gasteiger partial charge is 0.135 e. The van der Waals surface area contributed by atoms with Gasteiger partial charge in [-0.15, -0.1) is 0 Å². The molecule has 0 saturated heterocycles. The summed E-state index contributed by atoms with van der Waals surface area (Å²) >= 11 is 3.52. The predicted molar refractivity (Wildman–Crippen MR) is 30.2 cm³/mol. The van der Waals surface area contributed by atoms with Crippen molar-refractivity contribution in [2.75, 3.05) is 0 Å². The van der Waals surface area contributed by atoms with Gasteiger partial charge in [0.2, 0.25) is 0 Å². The first-order valence-electron chi connectivity index (χ1n) is 1.28. The number of thiol groups is 1. The van der Waals surface area contributed by atoms with Gasteiger partial charge in [-0.2, -0.15) is 5.10 Å². The lowest BCUT2D eigenvalue weighted by Gasteiger charge is -1.74. The molecule has 0 aliphatic carbocycles. The van der Waals surface area contributed by atoms with E-state index in [-0.39, 0.29) is 0 Å². The molecule has 0 radical (unpaired) electrons. The van der Waals surface area contributed by atoms with E-state index in [0.29, 0.717) is 0 Å². The van der Waals surface area contributed by atoms with Gasteiger partial charge in [-0.3, -0.25) is 9.82 Å². The van der Waals surface area contributed by atoms with Gasteiger partial charge >= 0.3 is 0 Å². The SMILES string of the molecule is C=N/C=N\NS. The van der Waals surface area contributed by atoms with E-state index < -0.39 is 0 Å². The van der Waals surface area contributed by atoms with Gasteiger partial charge < -0.3 is 0 Å². The molecule has 0 atom stereocenters. The molecule has 3 nitrogen and oxygen atoms in total. The van der Waals surface area contributed by atoms with Crippen LogP contribution in [-0.2, 0) is 0 Å². The van der Waals surface area contributed by atoms with Gasteiger partial charge in [0.15, 0.2) is 0 Å². The van der Waals surface area contributed by atoms with Crippen molar-refractivity contribution in [2.45, 2.75) is 0 Å². The van der Waals surface area contributed by atoms with Gasteiger partial charge in [-0.05, 0) is 6.72 Å². The van der Waals surface area contributed by atoms with Crippen molar-refractivity contribution in [3.05, 3.63) is 0 Å². The van der Waals surface area contributed by atoms with E-state index in [9.17, 15) is 0 Å². The molecule has 0 saturated carbocycles. The number of nitrogens with zero attached hydrogens (tertiary/aromatic N) is 2. The summed E-state index contributed by atoms with van der Waals surface area (Å²) in [5.74, 6) is 0. The predicted octanol–water partition coefficient (Wildman–Crippen LogP) is 0.0647. The zero-order valence-corrected chi connectivity index (χ0v) is 4.02. The van der Waals surface area contributed by atoms with E-state index in [1.165, 1.54) is 6.34 Å². The molecular formula is C2H5N3S. The first kappa shape index (κ1) is 5.49. The first-order valence-corrected chi connectivity index (χ1v) is 1.73. The molecule has 4 heteroatoms. The quantitative estimate of drug-likeness (QED) is 0.220. The van der Waals surface area contributed by atoms with Crippen LogP contribution in [0.25, 0.3) is 0 Å². The Labute approximate surface area is 41.7 Å². The maximum absolute atomic E-state index is 3.52. The molecule has 0 amide bonds. The molecule has 0 aromatic carbocycles. The average molecular weight is 103 g/mol. The highest BCUT2D eigenvalue weighted by atomic mass is 32.1. The van der Waals surface area contributed by atoms with Gasteiger partial charge in [0.05, 0.1) is 0 Å². The molecule has 6 heavy (non-hydrogen) atoms. The highest BCUT2D eigenvalue weighted by Gasteiger charge is 1.50. The van der Waals surface area contributed by atoms with Gasteiger partial charge in [-0.1, -0.05) is 12.8 Å². The second-order valence-electron chi connectivity index (χ2n) is 0.527. The van der Waals surface area contributed by atoms with E-state index in [0.717, 1.165) is 0 Å². The van der Waals surface area contributed by atoms with E-state index in [1.54, 1.807) is 0 Å². The Morgan fingerprint density at radius 1 is 1.83 bits per heavy atom. The van der Waals surface area contributed by atoms with Crippen LogP contribution < -0.4 is 4.83 Å². The average Bonchev–Trinajstić information content (AvgIpc) is 1.61. The lowest BCUT2D eigenvalue weighted by Crippen LogP contribution is -1.81. The summed E-state index contributed by atoms with van der Waals surface area (Å²) in [6.07, 6.45) is 1.26. The largest absolute Gasteiger partial charge is 0.254 e. The second-order valence-corrected chi connectivity index (χ2v) is 0.727. The zero-order chi connectivity index (χ0) is 4.83. The van der Waals surface area contributed by atoms with E-state index in [1.807, 2.05) is 0 Å². The molecule has 0 heterocycles. The number of hydrazone groups is 1. The highest BCUT2D eigenvalue weighted by Crippen LogP contribution is 1.57. The normalized spacial score (nSPS) is 8.83. The summed E-state index contributed by atoms with van der Waals surface area (Å²) in [4.78, 5) is 5.47. The van der Waals surface area contributed by atoms with Crippen LogP contribution in [0.4, 0.5) is 0 Å². The van der Waals surface area contributed by atoms with Gasteiger partial charge in [0.1, 0.15) is 6.34 Å². The van der Waals surface area contributed by atoms with Crippen LogP contribution in [0.15, 0.2) is 10.1 Å². The number of hydrogen-bond acceptors (Lipinski definition) is 3. The molecule has 0 unspecified atom stereocenters. The molecular weight excluding hydrogens is 98.1 g/mol. The molecule has 34 valence electrons. The summed E-state index contributed by atoms with van der Waals surface area (Å²) in [5.41, 5.74) is 0. The molecule has 1 N–H and O–H groups in total. The Kier molecular flexibility index (Phi) is 4.11. The van der Waals surface area contributed by atoms with Crippen LogP contribution >= 0.6 is 12.8 Å². The van der Waals surface area contributed by atoms with E-state index >= 15 is 0 Å². The molecule has 0 aromatic rings. The monoisotopic (exact) mass is 103 g/mol. The Hall–Kier alpha value is -0.510. The standard InChI is InChI=1S/C2H5N3S/c1-3-2-4-5-6/h2,5-6H,1H2/b4-2-. The van der Waals surface area contributed by atoms with Gasteiger partial charge in [0, 0.05) is 0 Å².